The highest BCUT2D eigenvalue weighted by atomic mass is 16.4. The van der Waals surface area contributed by atoms with E-state index in [0.29, 0.717) is 5.58 Å². The summed E-state index contributed by atoms with van der Waals surface area (Å²) >= 11 is 0. The van der Waals surface area contributed by atoms with E-state index in [0.717, 1.165) is 11.1 Å². The van der Waals surface area contributed by atoms with Gasteiger partial charge in [0.2, 0.25) is 0 Å². The fourth-order valence-electron chi connectivity index (χ4n) is 1.38. The number of carbonyl (C=O) groups is 1. The van der Waals surface area contributed by atoms with E-state index in [4.69, 9.17) is 15.3 Å². The van der Waals surface area contributed by atoms with Gasteiger partial charge in [-0.05, 0) is 0 Å². The molecule has 0 aliphatic rings. The van der Waals surface area contributed by atoms with Gasteiger partial charge >= 0.3 is 5.97 Å². The van der Waals surface area contributed by atoms with Gasteiger partial charge in [0.15, 0.2) is 5.58 Å². The lowest BCUT2D eigenvalue weighted by molar-refractivity contribution is -0.138. The number of carboxylic acid groups (broad SMARTS) is 1. The van der Waals surface area contributed by atoms with Gasteiger partial charge in [-0.1, -0.05) is 0 Å². The fourth-order valence-corrected chi connectivity index (χ4v) is 1.38. The number of nitrogens with one attached hydrogen (secondary N) is 1. The topological polar surface area (TPSA) is 92.3 Å². The molecule has 0 spiro atoms. The molecule has 0 unspecified atom stereocenters. The average molecular weight is 194 g/mol. The second kappa shape index (κ2) is 3.19. The number of hydrogen-bond acceptors (Lipinski definition) is 3. The second-order valence-electron chi connectivity index (χ2n) is 3.13. The zero-order chi connectivity index (χ0) is 10.1. The third-order valence-electron chi connectivity index (χ3n) is 2.12. The number of H-pyrrole nitrogens is 1. The van der Waals surface area contributed by atoms with Crippen molar-refractivity contribution in [1.29, 1.82) is 0 Å². The van der Waals surface area contributed by atoms with E-state index in [2.05, 4.69) is 4.98 Å². The number of furan rings is 1. The quantitative estimate of drug-likeness (QED) is 0.671. The predicted molar refractivity (Wildman–Crippen MR) is 49.9 cm³/mol. The van der Waals surface area contributed by atoms with E-state index in [1.807, 2.05) is 0 Å². The van der Waals surface area contributed by atoms with Gasteiger partial charge in [-0.15, -0.1) is 0 Å². The molecule has 0 aromatic carbocycles. The molecule has 5 heteroatoms. The normalized spacial score (nSPS) is 13.2. The molecule has 2 heterocycles. The van der Waals surface area contributed by atoms with E-state index < -0.39 is 12.0 Å². The molecule has 0 radical (unpaired) electrons. The number of nitrogens with two attached hydrogens (primary N) is 1. The molecule has 5 nitrogen and oxygen atoms in total. The Hall–Kier alpha value is -1.75. The van der Waals surface area contributed by atoms with Crippen molar-refractivity contribution in [3.05, 3.63) is 24.1 Å². The SMILES string of the molecule is N[C@@H](Cc1c[nH]c2ccoc12)C(=O)O. The Balaban J connectivity index is 2.27. The molecule has 0 fully saturated rings. The minimum Gasteiger partial charge on any atom is -0.480 e. The highest BCUT2D eigenvalue weighted by Gasteiger charge is 2.15. The summed E-state index contributed by atoms with van der Waals surface area (Å²) in [4.78, 5) is 13.5. The number of hydrogen-bond donors (Lipinski definition) is 3. The molecule has 0 aliphatic heterocycles. The Labute approximate surface area is 79.5 Å². The van der Waals surface area contributed by atoms with Crippen LogP contribution in [0.2, 0.25) is 0 Å². The van der Waals surface area contributed by atoms with Gasteiger partial charge in [-0.25, -0.2) is 0 Å². The van der Waals surface area contributed by atoms with Crippen molar-refractivity contribution in [3.63, 3.8) is 0 Å². The molecular formula is C9H10N2O3. The van der Waals surface area contributed by atoms with Crippen molar-refractivity contribution in [2.24, 2.45) is 5.73 Å². The van der Waals surface area contributed by atoms with Crippen LogP contribution in [0.1, 0.15) is 5.56 Å². The van der Waals surface area contributed by atoms with Crippen LogP contribution in [0.3, 0.4) is 0 Å². The van der Waals surface area contributed by atoms with Crippen molar-refractivity contribution in [2.75, 3.05) is 0 Å². The largest absolute Gasteiger partial charge is 0.480 e. The summed E-state index contributed by atoms with van der Waals surface area (Å²) in [5.74, 6) is -1.01. The van der Waals surface area contributed by atoms with Crippen molar-refractivity contribution >= 4 is 17.1 Å². The fraction of sp³-hybridized carbons (Fsp3) is 0.222. The van der Waals surface area contributed by atoms with Crippen molar-refractivity contribution < 1.29 is 14.3 Å². The molecule has 0 aliphatic carbocycles. The molecule has 4 N–H and O–H groups in total. The molecule has 1 atom stereocenters. The van der Waals surface area contributed by atoms with Crippen LogP contribution in [-0.2, 0) is 11.2 Å². The Bertz CT molecular complexity index is 457. The monoisotopic (exact) mass is 194 g/mol. The second-order valence-corrected chi connectivity index (χ2v) is 3.13. The van der Waals surface area contributed by atoms with Crippen molar-refractivity contribution in [3.8, 4) is 0 Å². The van der Waals surface area contributed by atoms with Crippen LogP contribution in [0.5, 0.6) is 0 Å². The zero-order valence-corrected chi connectivity index (χ0v) is 7.36. The van der Waals surface area contributed by atoms with Gasteiger partial charge < -0.3 is 20.2 Å². The lowest BCUT2D eigenvalue weighted by atomic mass is 10.1. The first kappa shape index (κ1) is 8.83. The Morgan fingerprint density at radius 1 is 1.71 bits per heavy atom. The maximum atomic E-state index is 10.5. The Kier molecular flexibility index (Phi) is 2.01. The van der Waals surface area contributed by atoms with Crippen LogP contribution in [0.25, 0.3) is 11.1 Å². The number of aromatic amines is 1. The van der Waals surface area contributed by atoms with E-state index in [9.17, 15) is 4.79 Å². The lowest BCUT2D eigenvalue weighted by Gasteiger charge is -2.02. The molecule has 2 aromatic heterocycles. The Morgan fingerprint density at radius 2 is 2.50 bits per heavy atom. The highest BCUT2D eigenvalue weighted by molar-refractivity contribution is 5.79. The van der Waals surface area contributed by atoms with Crippen LogP contribution in [0.4, 0.5) is 0 Å². The maximum absolute atomic E-state index is 10.5. The summed E-state index contributed by atoms with van der Waals surface area (Å²) in [6.45, 7) is 0. The van der Waals surface area contributed by atoms with Gasteiger partial charge in [-0.2, -0.15) is 0 Å². The van der Waals surface area contributed by atoms with Gasteiger partial charge in [-0.3, -0.25) is 4.79 Å². The van der Waals surface area contributed by atoms with Crippen LogP contribution in [-0.4, -0.2) is 22.1 Å². The first-order valence-corrected chi connectivity index (χ1v) is 4.20. The van der Waals surface area contributed by atoms with Crippen LogP contribution >= 0.6 is 0 Å². The first-order valence-electron chi connectivity index (χ1n) is 4.20. The summed E-state index contributed by atoms with van der Waals surface area (Å²) in [5.41, 5.74) is 7.74. The maximum Gasteiger partial charge on any atom is 0.320 e. The van der Waals surface area contributed by atoms with E-state index >= 15 is 0 Å². The third kappa shape index (κ3) is 1.38. The number of fused-ring (bicyclic) bond motifs is 1. The molecule has 2 rings (SSSR count). The summed E-state index contributed by atoms with van der Waals surface area (Å²) in [6, 6.07) is 0.893. The molecule has 2 aromatic rings. The molecule has 0 amide bonds. The molecule has 0 saturated heterocycles. The number of carboxylic acids is 1. The van der Waals surface area contributed by atoms with Crippen molar-refractivity contribution in [1.82, 2.24) is 4.98 Å². The minimum atomic E-state index is -1.01. The summed E-state index contributed by atoms with van der Waals surface area (Å²) in [5, 5.41) is 8.64. The van der Waals surface area contributed by atoms with Crippen LogP contribution < -0.4 is 5.73 Å². The highest BCUT2D eigenvalue weighted by Crippen LogP contribution is 2.19. The van der Waals surface area contributed by atoms with Crippen molar-refractivity contribution in [2.45, 2.75) is 12.5 Å². The minimum absolute atomic E-state index is 0.267. The number of aliphatic carboxylic acids is 1. The molecule has 0 bridgehead atoms. The van der Waals surface area contributed by atoms with Crippen LogP contribution in [0, 0.1) is 0 Å². The summed E-state index contributed by atoms with van der Waals surface area (Å²) in [6.07, 6.45) is 3.54. The summed E-state index contributed by atoms with van der Waals surface area (Å²) in [7, 11) is 0. The predicted octanol–water partition coefficient (Wildman–Crippen LogP) is 0.715. The molecule has 14 heavy (non-hydrogen) atoms. The standard InChI is InChI=1S/C9H10N2O3/c10-6(9(12)13)3-5-4-11-7-1-2-14-8(5)7/h1-2,4,6,11H,3,10H2,(H,12,13)/t6-/m0/s1. The average Bonchev–Trinajstić information content (AvgIpc) is 2.69. The van der Waals surface area contributed by atoms with Gasteiger partial charge in [0.25, 0.3) is 0 Å². The number of aromatic nitrogens is 1. The van der Waals surface area contributed by atoms with Crippen LogP contribution in [0.15, 0.2) is 22.9 Å². The van der Waals surface area contributed by atoms with Gasteiger partial charge in [0.1, 0.15) is 6.04 Å². The third-order valence-corrected chi connectivity index (χ3v) is 2.12. The Morgan fingerprint density at radius 3 is 3.21 bits per heavy atom. The van der Waals surface area contributed by atoms with E-state index in [-0.39, 0.29) is 6.42 Å². The lowest BCUT2D eigenvalue weighted by Crippen LogP contribution is -2.32. The molecular weight excluding hydrogens is 184 g/mol. The van der Waals surface area contributed by atoms with E-state index in [1.54, 1.807) is 18.5 Å². The van der Waals surface area contributed by atoms with E-state index in [1.165, 1.54) is 0 Å². The smallest absolute Gasteiger partial charge is 0.320 e. The summed E-state index contributed by atoms with van der Waals surface area (Å²) < 4.78 is 5.19. The number of rotatable bonds is 3. The first-order chi connectivity index (χ1) is 6.68. The molecule has 74 valence electrons. The zero-order valence-electron chi connectivity index (χ0n) is 7.36. The van der Waals surface area contributed by atoms with Gasteiger partial charge in [0.05, 0.1) is 11.8 Å². The van der Waals surface area contributed by atoms with Gasteiger partial charge in [0, 0.05) is 24.2 Å². The molecule has 0 saturated carbocycles.